The first-order valence-corrected chi connectivity index (χ1v) is 6.44. The van der Waals surface area contributed by atoms with Crippen LogP contribution in [0.2, 0.25) is 0 Å². The minimum Gasteiger partial charge on any atom is -0.350 e. The number of nitrogens with one attached hydrogen (secondary N) is 1. The summed E-state index contributed by atoms with van der Waals surface area (Å²) in [6.45, 7) is 1.56. The SMILES string of the molecule is NCCn1cc(C(=O)NCCc2nccs2)nn1. The summed E-state index contributed by atoms with van der Waals surface area (Å²) in [6.07, 6.45) is 4.06. The third kappa shape index (κ3) is 3.34. The van der Waals surface area contributed by atoms with Crippen molar-refractivity contribution in [2.24, 2.45) is 5.73 Å². The molecule has 2 aromatic rings. The Hall–Kier alpha value is -1.80. The van der Waals surface area contributed by atoms with Crippen LogP contribution in [0.5, 0.6) is 0 Å². The molecule has 7 nitrogen and oxygen atoms in total. The van der Waals surface area contributed by atoms with Crippen LogP contribution in [-0.2, 0) is 13.0 Å². The number of amides is 1. The van der Waals surface area contributed by atoms with Crippen molar-refractivity contribution in [1.82, 2.24) is 25.3 Å². The fraction of sp³-hybridized carbons (Fsp3) is 0.400. The number of rotatable bonds is 6. The third-order valence-electron chi connectivity index (χ3n) is 2.24. The second kappa shape index (κ2) is 6.22. The van der Waals surface area contributed by atoms with Crippen LogP contribution >= 0.6 is 11.3 Å². The average Bonchev–Trinajstić information content (AvgIpc) is 3.00. The summed E-state index contributed by atoms with van der Waals surface area (Å²) in [5.74, 6) is -0.227. The van der Waals surface area contributed by atoms with Crippen molar-refractivity contribution >= 4 is 17.2 Å². The molecule has 2 rings (SSSR count). The molecule has 3 N–H and O–H groups in total. The lowest BCUT2D eigenvalue weighted by atomic mass is 10.4. The molecule has 1 amide bonds. The molecule has 0 radical (unpaired) electrons. The van der Waals surface area contributed by atoms with Gasteiger partial charge in [0.25, 0.3) is 5.91 Å². The Morgan fingerprint density at radius 3 is 3.17 bits per heavy atom. The molecule has 0 aliphatic carbocycles. The fourth-order valence-electron chi connectivity index (χ4n) is 1.39. The largest absolute Gasteiger partial charge is 0.350 e. The monoisotopic (exact) mass is 266 g/mol. The molecule has 0 aliphatic rings. The lowest BCUT2D eigenvalue weighted by Gasteiger charge is -2.00. The average molecular weight is 266 g/mol. The summed E-state index contributed by atoms with van der Waals surface area (Å²) in [7, 11) is 0. The van der Waals surface area contributed by atoms with Crippen molar-refractivity contribution in [3.05, 3.63) is 28.5 Å². The van der Waals surface area contributed by atoms with Crippen LogP contribution in [-0.4, -0.2) is 39.0 Å². The number of carbonyl (C=O) groups excluding carboxylic acids is 1. The van der Waals surface area contributed by atoms with E-state index in [9.17, 15) is 4.79 Å². The van der Waals surface area contributed by atoms with Crippen LogP contribution < -0.4 is 11.1 Å². The second-order valence-electron chi connectivity index (χ2n) is 3.59. The predicted molar refractivity (Wildman–Crippen MR) is 67.2 cm³/mol. The van der Waals surface area contributed by atoms with Gasteiger partial charge in [0.2, 0.25) is 0 Å². The Morgan fingerprint density at radius 2 is 2.44 bits per heavy atom. The van der Waals surface area contributed by atoms with Gasteiger partial charge in [0, 0.05) is 31.1 Å². The van der Waals surface area contributed by atoms with Gasteiger partial charge in [-0.1, -0.05) is 5.21 Å². The summed E-state index contributed by atoms with van der Waals surface area (Å²) in [5.41, 5.74) is 5.69. The van der Waals surface area contributed by atoms with Crippen LogP contribution in [0, 0.1) is 0 Å². The number of nitrogens with two attached hydrogens (primary N) is 1. The minimum absolute atomic E-state index is 0.227. The van der Waals surface area contributed by atoms with Crippen LogP contribution in [0.25, 0.3) is 0 Å². The number of hydrogen-bond donors (Lipinski definition) is 2. The molecule has 0 spiro atoms. The number of carbonyl (C=O) groups is 1. The topological polar surface area (TPSA) is 98.7 Å². The quantitative estimate of drug-likeness (QED) is 0.745. The van der Waals surface area contributed by atoms with E-state index in [1.54, 1.807) is 28.4 Å². The molecular weight excluding hydrogens is 252 g/mol. The fourth-order valence-corrected chi connectivity index (χ4v) is 2.01. The van der Waals surface area contributed by atoms with Gasteiger partial charge in [-0.25, -0.2) is 4.98 Å². The van der Waals surface area contributed by atoms with E-state index < -0.39 is 0 Å². The third-order valence-corrected chi connectivity index (χ3v) is 3.08. The molecule has 0 atom stereocenters. The summed E-state index contributed by atoms with van der Waals surface area (Å²) >= 11 is 1.57. The first-order valence-electron chi connectivity index (χ1n) is 5.56. The lowest BCUT2D eigenvalue weighted by Crippen LogP contribution is -2.26. The highest BCUT2D eigenvalue weighted by atomic mass is 32.1. The van der Waals surface area contributed by atoms with Gasteiger partial charge in [-0.3, -0.25) is 9.48 Å². The van der Waals surface area contributed by atoms with Gasteiger partial charge in [0.1, 0.15) is 0 Å². The zero-order valence-electron chi connectivity index (χ0n) is 9.74. The molecule has 0 bridgehead atoms. The van der Waals surface area contributed by atoms with Crippen molar-refractivity contribution in [1.29, 1.82) is 0 Å². The summed E-state index contributed by atoms with van der Waals surface area (Å²) in [4.78, 5) is 15.9. The molecule has 0 aromatic carbocycles. The van der Waals surface area contributed by atoms with Crippen molar-refractivity contribution in [3.8, 4) is 0 Å². The molecule has 0 saturated carbocycles. The lowest BCUT2D eigenvalue weighted by molar-refractivity contribution is 0.0949. The van der Waals surface area contributed by atoms with Crippen LogP contribution in [0.15, 0.2) is 17.8 Å². The van der Waals surface area contributed by atoms with Crippen LogP contribution in [0.4, 0.5) is 0 Å². The number of aromatic nitrogens is 4. The summed E-state index contributed by atoms with van der Waals surface area (Å²) in [6, 6.07) is 0. The Balaban J connectivity index is 1.80. The molecule has 0 saturated heterocycles. The van der Waals surface area contributed by atoms with Gasteiger partial charge in [-0.15, -0.1) is 16.4 Å². The highest BCUT2D eigenvalue weighted by molar-refractivity contribution is 7.09. The van der Waals surface area contributed by atoms with E-state index in [1.165, 1.54) is 0 Å². The van der Waals surface area contributed by atoms with Crippen molar-refractivity contribution < 1.29 is 4.79 Å². The standard InChI is InChI=1S/C10H14N6OS/c11-2-5-16-7-8(14-15-16)10(17)13-3-1-9-12-4-6-18-9/h4,6-7H,1-3,5,11H2,(H,13,17). The Kier molecular flexibility index (Phi) is 4.37. The molecule has 0 aliphatic heterocycles. The predicted octanol–water partition coefficient (Wildman–Crippen LogP) is -0.334. The van der Waals surface area contributed by atoms with Gasteiger partial charge in [0.15, 0.2) is 5.69 Å². The smallest absolute Gasteiger partial charge is 0.273 e. The van der Waals surface area contributed by atoms with E-state index in [4.69, 9.17) is 5.73 Å². The van der Waals surface area contributed by atoms with E-state index in [0.29, 0.717) is 25.3 Å². The highest BCUT2D eigenvalue weighted by Gasteiger charge is 2.09. The van der Waals surface area contributed by atoms with Gasteiger partial charge < -0.3 is 11.1 Å². The maximum Gasteiger partial charge on any atom is 0.273 e. The Morgan fingerprint density at radius 1 is 1.56 bits per heavy atom. The molecule has 2 heterocycles. The van der Waals surface area contributed by atoms with E-state index in [2.05, 4.69) is 20.6 Å². The number of hydrogen-bond acceptors (Lipinski definition) is 6. The van der Waals surface area contributed by atoms with Crippen LogP contribution in [0.3, 0.4) is 0 Å². The van der Waals surface area contributed by atoms with Crippen molar-refractivity contribution in [2.75, 3.05) is 13.1 Å². The maximum absolute atomic E-state index is 11.7. The zero-order chi connectivity index (χ0) is 12.8. The van der Waals surface area contributed by atoms with Gasteiger partial charge in [-0.2, -0.15) is 0 Å². The number of nitrogens with zero attached hydrogens (tertiary/aromatic N) is 4. The van der Waals surface area contributed by atoms with E-state index in [1.807, 2.05) is 5.38 Å². The van der Waals surface area contributed by atoms with Gasteiger partial charge >= 0.3 is 0 Å². The molecule has 8 heteroatoms. The molecular formula is C10H14N6OS. The van der Waals surface area contributed by atoms with E-state index in [-0.39, 0.29) is 5.91 Å². The Labute approximate surface area is 108 Å². The van der Waals surface area contributed by atoms with Gasteiger partial charge in [0.05, 0.1) is 17.7 Å². The molecule has 0 unspecified atom stereocenters. The highest BCUT2D eigenvalue weighted by Crippen LogP contribution is 2.03. The van der Waals surface area contributed by atoms with Crippen LogP contribution in [0.1, 0.15) is 15.5 Å². The molecule has 96 valence electrons. The summed E-state index contributed by atoms with van der Waals surface area (Å²) < 4.78 is 1.55. The zero-order valence-corrected chi connectivity index (χ0v) is 10.6. The van der Waals surface area contributed by atoms with Gasteiger partial charge in [-0.05, 0) is 0 Å². The van der Waals surface area contributed by atoms with E-state index in [0.717, 1.165) is 11.4 Å². The molecule has 2 aromatic heterocycles. The maximum atomic E-state index is 11.7. The molecule has 18 heavy (non-hydrogen) atoms. The summed E-state index contributed by atoms with van der Waals surface area (Å²) in [5, 5.41) is 13.3. The first-order chi connectivity index (χ1) is 8.79. The minimum atomic E-state index is -0.227. The normalized spacial score (nSPS) is 10.5. The Bertz CT molecular complexity index is 494. The van der Waals surface area contributed by atoms with Crippen molar-refractivity contribution in [3.63, 3.8) is 0 Å². The second-order valence-corrected chi connectivity index (χ2v) is 4.57. The van der Waals surface area contributed by atoms with E-state index >= 15 is 0 Å². The molecule has 0 fully saturated rings. The first kappa shape index (κ1) is 12.7. The number of thiazole rings is 1. The van der Waals surface area contributed by atoms with Crippen molar-refractivity contribution in [2.45, 2.75) is 13.0 Å².